The van der Waals surface area contributed by atoms with Crippen LogP contribution in [0.4, 0.5) is 0 Å². The van der Waals surface area contributed by atoms with E-state index in [0.717, 1.165) is 24.7 Å². The van der Waals surface area contributed by atoms with Crippen LogP contribution in [0.3, 0.4) is 0 Å². The van der Waals surface area contributed by atoms with Crippen molar-refractivity contribution >= 4 is 12.3 Å². The largest absolute Gasteiger partial charge is 0.478 e. The van der Waals surface area contributed by atoms with Gasteiger partial charge >= 0.3 is 5.97 Å². The average Bonchev–Trinajstić information content (AvgIpc) is 2.89. The maximum absolute atomic E-state index is 10.9. The molecule has 1 fully saturated rings. The minimum atomic E-state index is -0.949. The standard InChI is InChI=1S/C10H11NO3/c1-11-4-7(10(13)14)9(6-2-3-6)8(11)5-12/h4-6H,2-3H2,1H3,(H,13,14). The van der Waals surface area contributed by atoms with Gasteiger partial charge in [0, 0.05) is 13.2 Å². The molecule has 0 atom stereocenters. The predicted molar refractivity (Wildman–Crippen MR) is 49.7 cm³/mol. The van der Waals surface area contributed by atoms with Gasteiger partial charge < -0.3 is 9.67 Å². The second kappa shape index (κ2) is 2.97. The van der Waals surface area contributed by atoms with Crippen LogP contribution in [0.2, 0.25) is 0 Å². The Bertz CT molecular complexity index is 402. The Morgan fingerprint density at radius 1 is 1.64 bits per heavy atom. The minimum Gasteiger partial charge on any atom is -0.478 e. The first-order valence-electron chi connectivity index (χ1n) is 4.52. The van der Waals surface area contributed by atoms with E-state index in [0.29, 0.717) is 5.69 Å². The zero-order valence-corrected chi connectivity index (χ0v) is 7.86. The maximum Gasteiger partial charge on any atom is 0.337 e. The van der Waals surface area contributed by atoms with E-state index in [2.05, 4.69) is 0 Å². The third-order valence-corrected chi connectivity index (χ3v) is 2.60. The van der Waals surface area contributed by atoms with Gasteiger partial charge in [-0.2, -0.15) is 0 Å². The number of aldehydes is 1. The molecule has 0 bridgehead atoms. The number of carbonyl (C=O) groups is 2. The summed E-state index contributed by atoms with van der Waals surface area (Å²) < 4.78 is 1.59. The molecule has 4 heteroatoms. The van der Waals surface area contributed by atoms with Crippen LogP contribution in [0.15, 0.2) is 6.20 Å². The Morgan fingerprint density at radius 2 is 2.29 bits per heavy atom. The first-order chi connectivity index (χ1) is 6.65. The lowest BCUT2D eigenvalue weighted by atomic mass is 10.1. The van der Waals surface area contributed by atoms with E-state index in [-0.39, 0.29) is 11.5 Å². The first kappa shape index (κ1) is 8.99. The van der Waals surface area contributed by atoms with Gasteiger partial charge in [-0.1, -0.05) is 0 Å². The van der Waals surface area contributed by atoms with Crippen molar-refractivity contribution in [1.29, 1.82) is 0 Å². The molecule has 1 aromatic heterocycles. The zero-order valence-electron chi connectivity index (χ0n) is 7.86. The fourth-order valence-electron chi connectivity index (χ4n) is 1.78. The van der Waals surface area contributed by atoms with Crippen molar-refractivity contribution in [3.63, 3.8) is 0 Å². The maximum atomic E-state index is 10.9. The third kappa shape index (κ3) is 1.23. The molecular weight excluding hydrogens is 182 g/mol. The van der Waals surface area contributed by atoms with Crippen molar-refractivity contribution in [3.05, 3.63) is 23.0 Å². The van der Waals surface area contributed by atoms with Gasteiger partial charge in [0.25, 0.3) is 0 Å². The van der Waals surface area contributed by atoms with Gasteiger partial charge in [-0.05, 0) is 24.3 Å². The van der Waals surface area contributed by atoms with E-state index in [4.69, 9.17) is 5.11 Å². The molecule has 0 saturated heterocycles. The van der Waals surface area contributed by atoms with Crippen LogP contribution in [0, 0.1) is 0 Å². The highest BCUT2D eigenvalue weighted by Crippen LogP contribution is 2.43. The van der Waals surface area contributed by atoms with E-state index in [1.165, 1.54) is 6.20 Å². The molecule has 1 saturated carbocycles. The van der Waals surface area contributed by atoms with Gasteiger partial charge in [-0.3, -0.25) is 4.79 Å². The molecule has 0 radical (unpaired) electrons. The quantitative estimate of drug-likeness (QED) is 0.738. The second-order valence-corrected chi connectivity index (χ2v) is 3.65. The van der Waals surface area contributed by atoms with E-state index in [9.17, 15) is 9.59 Å². The fourth-order valence-corrected chi connectivity index (χ4v) is 1.78. The number of carboxylic acids is 1. The number of carboxylic acid groups (broad SMARTS) is 1. The summed E-state index contributed by atoms with van der Waals surface area (Å²) >= 11 is 0. The number of carbonyl (C=O) groups excluding carboxylic acids is 1. The smallest absolute Gasteiger partial charge is 0.337 e. The summed E-state index contributed by atoms with van der Waals surface area (Å²) in [7, 11) is 1.70. The molecule has 1 aromatic rings. The van der Waals surface area contributed by atoms with Crippen LogP contribution in [0.5, 0.6) is 0 Å². The summed E-state index contributed by atoms with van der Waals surface area (Å²) in [6.45, 7) is 0. The second-order valence-electron chi connectivity index (χ2n) is 3.65. The van der Waals surface area contributed by atoms with Crippen molar-refractivity contribution in [2.24, 2.45) is 7.05 Å². The van der Waals surface area contributed by atoms with Crippen molar-refractivity contribution in [1.82, 2.24) is 4.57 Å². The molecule has 14 heavy (non-hydrogen) atoms. The molecule has 0 aromatic carbocycles. The number of nitrogens with zero attached hydrogens (tertiary/aromatic N) is 1. The fraction of sp³-hybridized carbons (Fsp3) is 0.400. The Hall–Kier alpha value is -1.58. The van der Waals surface area contributed by atoms with Crippen LogP contribution < -0.4 is 0 Å². The summed E-state index contributed by atoms with van der Waals surface area (Å²) in [5.74, 6) is -0.668. The van der Waals surface area contributed by atoms with Crippen molar-refractivity contribution < 1.29 is 14.7 Å². The van der Waals surface area contributed by atoms with Crippen LogP contribution in [-0.4, -0.2) is 21.9 Å². The first-order valence-corrected chi connectivity index (χ1v) is 4.52. The highest BCUT2D eigenvalue weighted by atomic mass is 16.4. The predicted octanol–water partition coefficient (Wildman–Crippen LogP) is 1.41. The van der Waals surface area contributed by atoms with Crippen molar-refractivity contribution in [3.8, 4) is 0 Å². The van der Waals surface area contributed by atoms with E-state index in [1.54, 1.807) is 11.6 Å². The summed E-state index contributed by atoms with van der Waals surface area (Å²) in [5.41, 5.74) is 1.50. The van der Waals surface area contributed by atoms with Crippen LogP contribution >= 0.6 is 0 Å². The molecule has 0 spiro atoms. The molecule has 0 unspecified atom stereocenters. The minimum absolute atomic E-state index is 0.275. The van der Waals surface area contributed by atoms with Crippen molar-refractivity contribution in [2.75, 3.05) is 0 Å². The molecular formula is C10H11NO3. The van der Waals surface area contributed by atoms with Crippen LogP contribution in [0.1, 0.15) is 45.2 Å². The Labute approximate surface area is 81.2 Å². The third-order valence-electron chi connectivity index (χ3n) is 2.60. The van der Waals surface area contributed by atoms with Gasteiger partial charge in [0.05, 0.1) is 11.3 Å². The summed E-state index contributed by atoms with van der Waals surface area (Å²) in [6, 6.07) is 0. The highest BCUT2D eigenvalue weighted by Gasteiger charge is 2.32. The van der Waals surface area contributed by atoms with Gasteiger partial charge in [0.2, 0.25) is 0 Å². The Morgan fingerprint density at radius 3 is 2.71 bits per heavy atom. The van der Waals surface area contributed by atoms with E-state index in [1.807, 2.05) is 0 Å². The molecule has 1 heterocycles. The summed E-state index contributed by atoms with van der Waals surface area (Å²) in [5, 5.41) is 8.95. The highest BCUT2D eigenvalue weighted by molar-refractivity contribution is 5.93. The number of aryl methyl sites for hydroxylation is 1. The molecule has 0 amide bonds. The molecule has 4 nitrogen and oxygen atoms in total. The lowest BCUT2D eigenvalue weighted by Crippen LogP contribution is -1.99. The number of hydrogen-bond acceptors (Lipinski definition) is 2. The average molecular weight is 193 g/mol. The van der Waals surface area contributed by atoms with Crippen LogP contribution in [-0.2, 0) is 7.05 Å². The van der Waals surface area contributed by atoms with Gasteiger partial charge in [0.1, 0.15) is 0 Å². The SMILES string of the molecule is Cn1cc(C(=O)O)c(C2CC2)c1C=O. The van der Waals surface area contributed by atoms with E-state index < -0.39 is 5.97 Å². The number of aromatic carboxylic acids is 1. The number of rotatable bonds is 3. The monoisotopic (exact) mass is 193 g/mol. The Balaban J connectivity index is 2.59. The number of aromatic nitrogens is 1. The number of hydrogen-bond donors (Lipinski definition) is 1. The molecule has 2 rings (SSSR count). The molecule has 0 aliphatic heterocycles. The normalized spacial score (nSPS) is 15.5. The van der Waals surface area contributed by atoms with E-state index >= 15 is 0 Å². The lowest BCUT2D eigenvalue weighted by molar-refractivity contribution is 0.0695. The zero-order chi connectivity index (χ0) is 10.3. The summed E-state index contributed by atoms with van der Waals surface area (Å²) in [6.07, 6.45) is 4.23. The van der Waals surface area contributed by atoms with Gasteiger partial charge in [-0.25, -0.2) is 4.79 Å². The van der Waals surface area contributed by atoms with Crippen molar-refractivity contribution in [2.45, 2.75) is 18.8 Å². The topological polar surface area (TPSA) is 59.3 Å². The van der Waals surface area contributed by atoms with Gasteiger partial charge in [0.15, 0.2) is 6.29 Å². The van der Waals surface area contributed by atoms with Crippen LogP contribution in [0.25, 0.3) is 0 Å². The van der Waals surface area contributed by atoms with Gasteiger partial charge in [-0.15, -0.1) is 0 Å². The lowest BCUT2D eigenvalue weighted by Gasteiger charge is -1.98. The Kier molecular flexibility index (Phi) is 1.91. The molecule has 74 valence electrons. The summed E-state index contributed by atoms with van der Waals surface area (Å²) in [4.78, 5) is 21.7. The molecule has 1 N–H and O–H groups in total. The molecule has 1 aliphatic rings. The molecule has 1 aliphatic carbocycles.